The van der Waals surface area contributed by atoms with Gasteiger partial charge in [-0.25, -0.2) is 9.36 Å². The van der Waals surface area contributed by atoms with E-state index >= 15 is 0 Å². The second-order valence-corrected chi connectivity index (χ2v) is 3.72. The van der Waals surface area contributed by atoms with Gasteiger partial charge in [0.15, 0.2) is 0 Å². The maximum absolute atomic E-state index is 5.08. The van der Waals surface area contributed by atoms with E-state index in [-0.39, 0.29) is 0 Å². The summed E-state index contributed by atoms with van der Waals surface area (Å²) in [4.78, 5) is 0. The molecule has 0 amide bonds. The highest BCUT2D eigenvalue weighted by molar-refractivity contribution is 7.71. The summed E-state index contributed by atoms with van der Waals surface area (Å²) < 4.78 is 3.77. The zero-order valence-electron chi connectivity index (χ0n) is 8.69. The molecular formula is C10H8N6S. The molecule has 84 valence electrons. The van der Waals surface area contributed by atoms with E-state index in [1.54, 1.807) is 15.6 Å². The number of H-pyrrole nitrogens is 1. The highest BCUT2D eigenvalue weighted by atomic mass is 32.1. The van der Waals surface area contributed by atoms with E-state index in [4.69, 9.17) is 12.2 Å². The molecular weight excluding hydrogens is 236 g/mol. The van der Waals surface area contributed by atoms with Crippen LogP contribution in [-0.4, -0.2) is 30.0 Å². The number of hydrogen-bond acceptors (Lipinski definition) is 4. The summed E-state index contributed by atoms with van der Waals surface area (Å²) in [5, 5.41) is 14.4. The topological polar surface area (TPSA) is 64.3 Å². The Bertz CT molecular complexity index is 681. The van der Waals surface area contributed by atoms with Gasteiger partial charge in [-0.2, -0.15) is 10.3 Å². The Labute approximate surface area is 101 Å². The van der Waals surface area contributed by atoms with Crippen molar-refractivity contribution >= 4 is 12.2 Å². The molecule has 0 spiro atoms. The van der Waals surface area contributed by atoms with E-state index in [0.717, 1.165) is 11.4 Å². The molecule has 0 bridgehead atoms. The van der Waals surface area contributed by atoms with E-state index in [0.29, 0.717) is 4.77 Å². The molecule has 0 radical (unpaired) electrons. The fraction of sp³-hybridized carbons (Fsp3) is 0. The summed E-state index contributed by atoms with van der Waals surface area (Å²) in [7, 11) is 0. The summed E-state index contributed by atoms with van der Waals surface area (Å²) in [6.45, 7) is 0. The molecule has 2 aromatic heterocycles. The lowest BCUT2D eigenvalue weighted by Crippen LogP contribution is -2.04. The summed E-state index contributed by atoms with van der Waals surface area (Å²) in [5.41, 5.74) is 1.76. The van der Waals surface area contributed by atoms with E-state index in [2.05, 4.69) is 20.6 Å². The normalized spacial score (nSPS) is 10.6. The Kier molecular flexibility index (Phi) is 2.30. The molecule has 3 rings (SSSR count). The first kappa shape index (κ1) is 9.91. The van der Waals surface area contributed by atoms with Crippen molar-refractivity contribution in [1.29, 1.82) is 0 Å². The number of hydrogen-bond donors (Lipinski definition) is 1. The largest absolute Gasteiger partial charge is 0.242 e. The van der Waals surface area contributed by atoms with Crippen LogP contribution in [0.4, 0.5) is 0 Å². The maximum atomic E-state index is 5.08. The molecule has 1 aromatic carbocycles. The minimum atomic E-state index is 0.379. The standard InChI is InChI=1S/C10H8N6S/c17-10-12-13-14-16(10)9-5-2-1-4-8(9)15-7-3-6-11-15/h1-7H,(H,12,14,17). The maximum Gasteiger partial charge on any atom is 0.242 e. The SMILES string of the molecule is S=c1nn[nH]n1-c1ccccc1-n1cccn1. The van der Waals surface area contributed by atoms with Crippen LogP contribution in [0, 0.1) is 4.77 Å². The minimum Gasteiger partial charge on any atom is -0.239 e. The van der Waals surface area contributed by atoms with Crippen LogP contribution in [0.1, 0.15) is 0 Å². The Morgan fingerprint density at radius 2 is 1.94 bits per heavy atom. The Hall–Kier alpha value is -2.28. The summed E-state index contributed by atoms with van der Waals surface area (Å²) in [6.07, 6.45) is 3.59. The molecule has 0 unspecified atom stereocenters. The van der Waals surface area contributed by atoms with Gasteiger partial charge in [0.2, 0.25) is 4.77 Å². The van der Waals surface area contributed by atoms with Gasteiger partial charge in [0.25, 0.3) is 0 Å². The summed E-state index contributed by atoms with van der Waals surface area (Å²) in [6, 6.07) is 9.59. The summed E-state index contributed by atoms with van der Waals surface area (Å²) >= 11 is 5.08. The molecule has 2 heterocycles. The molecule has 0 saturated carbocycles. The average Bonchev–Trinajstić information content (AvgIpc) is 3.00. The van der Waals surface area contributed by atoms with Crippen molar-refractivity contribution < 1.29 is 0 Å². The first-order valence-corrected chi connectivity index (χ1v) is 5.36. The van der Waals surface area contributed by atoms with Crippen LogP contribution in [0.15, 0.2) is 42.7 Å². The molecule has 17 heavy (non-hydrogen) atoms. The number of tetrazole rings is 1. The second kappa shape index (κ2) is 3.95. The van der Waals surface area contributed by atoms with Gasteiger partial charge in [-0.05, 0) is 30.4 Å². The number of para-hydroxylation sites is 2. The number of nitrogens with one attached hydrogen (secondary N) is 1. The van der Waals surface area contributed by atoms with Gasteiger partial charge >= 0.3 is 0 Å². The first-order valence-electron chi connectivity index (χ1n) is 4.96. The van der Waals surface area contributed by atoms with Crippen molar-refractivity contribution in [1.82, 2.24) is 30.0 Å². The third kappa shape index (κ3) is 1.66. The van der Waals surface area contributed by atoms with Gasteiger partial charge in [-0.15, -0.1) is 0 Å². The molecule has 7 heteroatoms. The molecule has 0 aliphatic heterocycles. The van der Waals surface area contributed by atoms with Gasteiger partial charge in [0.05, 0.1) is 11.4 Å². The zero-order valence-corrected chi connectivity index (χ0v) is 9.50. The van der Waals surface area contributed by atoms with Gasteiger partial charge < -0.3 is 0 Å². The Morgan fingerprint density at radius 1 is 1.12 bits per heavy atom. The molecule has 0 aliphatic carbocycles. The lowest BCUT2D eigenvalue weighted by molar-refractivity contribution is 0.769. The van der Waals surface area contributed by atoms with Gasteiger partial charge in [-0.1, -0.05) is 22.4 Å². The van der Waals surface area contributed by atoms with Crippen LogP contribution in [0.5, 0.6) is 0 Å². The fourth-order valence-electron chi connectivity index (χ4n) is 1.61. The smallest absolute Gasteiger partial charge is 0.239 e. The second-order valence-electron chi connectivity index (χ2n) is 3.36. The highest BCUT2D eigenvalue weighted by Crippen LogP contribution is 2.16. The minimum absolute atomic E-state index is 0.379. The lowest BCUT2D eigenvalue weighted by atomic mass is 10.2. The number of aromatic nitrogens is 6. The van der Waals surface area contributed by atoms with E-state index in [9.17, 15) is 0 Å². The van der Waals surface area contributed by atoms with Crippen LogP contribution in [0.25, 0.3) is 11.4 Å². The van der Waals surface area contributed by atoms with E-state index < -0.39 is 0 Å². The fourth-order valence-corrected chi connectivity index (χ4v) is 1.79. The van der Waals surface area contributed by atoms with Crippen LogP contribution >= 0.6 is 12.2 Å². The van der Waals surface area contributed by atoms with Crippen molar-refractivity contribution in [3.63, 3.8) is 0 Å². The third-order valence-electron chi connectivity index (χ3n) is 2.35. The molecule has 6 nitrogen and oxygen atoms in total. The number of aromatic amines is 1. The lowest BCUT2D eigenvalue weighted by Gasteiger charge is -2.08. The molecule has 0 aliphatic rings. The molecule has 0 atom stereocenters. The van der Waals surface area contributed by atoms with Gasteiger partial charge in [-0.3, -0.25) is 0 Å². The van der Waals surface area contributed by atoms with Crippen LogP contribution in [0.2, 0.25) is 0 Å². The average molecular weight is 244 g/mol. The highest BCUT2D eigenvalue weighted by Gasteiger charge is 2.07. The van der Waals surface area contributed by atoms with E-state index in [1.165, 1.54) is 0 Å². The quantitative estimate of drug-likeness (QED) is 0.694. The monoisotopic (exact) mass is 244 g/mol. The van der Waals surface area contributed by atoms with Crippen molar-refractivity contribution in [3.05, 3.63) is 47.5 Å². The van der Waals surface area contributed by atoms with Crippen molar-refractivity contribution in [2.24, 2.45) is 0 Å². The molecule has 0 fully saturated rings. The van der Waals surface area contributed by atoms with Crippen molar-refractivity contribution in [2.75, 3.05) is 0 Å². The van der Waals surface area contributed by atoms with Crippen molar-refractivity contribution in [3.8, 4) is 11.4 Å². The molecule has 3 aromatic rings. The Morgan fingerprint density at radius 3 is 2.59 bits per heavy atom. The summed E-state index contributed by atoms with van der Waals surface area (Å²) in [5.74, 6) is 0. The van der Waals surface area contributed by atoms with Crippen molar-refractivity contribution in [2.45, 2.75) is 0 Å². The third-order valence-corrected chi connectivity index (χ3v) is 2.61. The predicted molar refractivity (Wildman–Crippen MR) is 63.7 cm³/mol. The van der Waals surface area contributed by atoms with Crippen LogP contribution in [-0.2, 0) is 0 Å². The zero-order chi connectivity index (χ0) is 11.7. The molecule has 1 N–H and O–H groups in total. The first-order chi connectivity index (χ1) is 8.36. The molecule has 0 saturated heterocycles. The Balaban J connectivity index is 2.25. The van der Waals surface area contributed by atoms with Gasteiger partial charge in [0, 0.05) is 12.4 Å². The van der Waals surface area contributed by atoms with Crippen LogP contribution in [0.3, 0.4) is 0 Å². The van der Waals surface area contributed by atoms with Crippen LogP contribution < -0.4 is 0 Å². The van der Waals surface area contributed by atoms with Gasteiger partial charge in [0.1, 0.15) is 0 Å². The predicted octanol–water partition coefficient (Wildman–Crippen LogP) is 1.51. The number of benzene rings is 1. The number of rotatable bonds is 2. The number of nitrogens with zero attached hydrogens (tertiary/aromatic N) is 5. The van der Waals surface area contributed by atoms with E-state index in [1.807, 2.05) is 36.5 Å².